The van der Waals surface area contributed by atoms with Crippen LogP contribution in [-0.4, -0.2) is 4.98 Å². The molecule has 4 heteroatoms. The fraction of sp³-hybridized carbons (Fsp3) is 0.182. The average molecular weight is 269 g/mol. The quantitative estimate of drug-likeness (QED) is 0.796. The Morgan fingerprint density at radius 1 is 1.33 bits per heavy atom. The summed E-state index contributed by atoms with van der Waals surface area (Å²) in [4.78, 5) is 4.20. The van der Waals surface area contributed by atoms with E-state index in [1.807, 2.05) is 13.8 Å². The second-order valence-corrected chi connectivity index (χ2v) is 4.44. The number of anilines is 1. The Balaban J connectivity index is 2.98. The molecule has 0 spiro atoms. The lowest BCUT2D eigenvalue weighted by molar-refractivity contribution is 0.635. The predicted molar refractivity (Wildman–Crippen MR) is 63.3 cm³/mol. The van der Waals surface area contributed by atoms with Gasteiger partial charge in [-0.2, -0.15) is 0 Å². The van der Waals surface area contributed by atoms with E-state index in [1.54, 1.807) is 6.07 Å². The van der Waals surface area contributed by atoms with E-state index in [0.29, 0.717) is 21.1 Å². The molecule has 2 N–H and O–H groups in total. The average Bonchev–Trinajstić information content (AvgIpc) is 2.17. The Morgan fingerprint density at radius 2 is 2.00 bits per heavy atom. The molecule has 0 amide bonds. The molecule has 0 aliphatic heterocycles. The third kappa shape index (κ3) is 1.59. The summed E-state index contributed by atoms with van der Waals surface area (Å²) in [6.45, 7) is 3.71. The number of hydrogen-bond acceptors (Lipinski definition) is 2. The van der Waals surface area contributed by atoms with Crippen LogP contribution in [0.1, 0.15) is 11.3 Å². The molecule has 0 fully saturated rings. The normalized spacial score (nSPS) is 10.9. The van der Waals surface area contributed by atoms with Crippen molar-refractivity contribution in [1.82, 2.24) is 4.98 Å². The van der Waals surface area contributed by atoms with Crippen molar-refractivity contribution in [2.45, 2.75) is 13.8 Å². The van der Waals surface area contributed by atoms with Gasteiger partial charge in [-0.1, -0.05) is 15.9 Å². The molecule has 1 heterocycles. The van der Waals surface area contributed by atoms with Crippen molar-refractivity contribution in [3.8, 4) is 0 Å². The van der Waals surface area contributed by atoms with E-state index in [9.17, 15) is 4.39 Å². The van der Waals surface area contributed by atoms with Gasteiger partial charge in [0.05, 0.1) is 0 Å². The number of halogens is 2. The van der Waals surface area contributed by atoms with Gasteiger partial charge in [0.25, 0.3) is 0 Å². The second-order valence-electron chi connectivity index (χ2n) is 3.52. The Morgan fingerprint density at radius 3 is 2.67 bits per heavy atom. The molecule has 0 bridgehead atoms. The third-order valence-corrected chi connectivity index (χ3v) is 3.00. The fourth-order valence-electron chi connectivity index (χ4n) is 1.53. The number of fused-ring (bicyclic) bond motifs is 1. The molecule has 2 nitrogen and oxygen atoms in total. The molecule has 0 saturated carbocycles. The van der Waals surface area contributed by atoms with Crippen LogP contribution in [0.25, 0.3) is 10.9 Å². The van der Waals surface area contributed by atoms with Crippen LogP contribution in [0.3, 0.4) is 0 Å². The van der Waals surface area contributed by atoms with Gasteiger partial charge in [-0.15, -0.1) is 0 Å². The molecule has 1 aromatic carbocycles. The van der Waals surface area contributed by atoms with Crippen molar-refractivity contribution >= 4 is 32.5 Å². The molecular formula is C11H10BrFN2. The van der Waals surface area contributed by atoms with Crippen molar-refractivity contribution in [3.05, 3.63) is 33.7 Å². The molecule has 2 aromatic rings. The van der Waals surface area contributed by atoms with Gasteiger partial charge in [-0.25, -0.2) is 9.37 Å². The van der Waals surface area contributed by atoms with Crippen molar-refractivity contribution < 1.29 is 4.39 Å². The van der Waals surface area contributed by atoms with Crippen LogP contribution in [0.5, 0.6) is 0 Å². The first-order valence-corrected chi connectivity index (χ1v) is 5.31. The van der Waals surface area contributed by atoms with Gasteiger partial charge < -0.3 is 5.73 Å². The highest BCUT2D eigenvalue weighted by Gasteiger charge is 2.10. The lowest BCUT2D eigenvalue weighted by atomic mass is 10.1. The molecule has 0 aliphatic rings. The first-order valence-electron chi connectivity index (χ1n) is 4.52. The molecule has 2 rings (SSSR count). The third-order valence-electron chi connectivity index (χ3n) is 2.54. The zero-order valence-corrected chi connectivity index (χ0v) is 10.0. The monoisotopic (exact) mass is 268 g/mol. The zero-order valence-electron chi connectivity index (χ0n) is 8.44. The summed E-state index contributed by atoms with van der Waals surface area (Å²) < 4.78 is 14.3. The van der Waals surface area contributed by atoms with E-state index in [4.69, 9.17) is 5.73 Å². The van der Waals surface area contributed by atoms with E-state index in [0.717, 1.165) is 11.3 Å². The number of nitrogen functional groups attached to an aromatic ring is 1. The van der Waals surface area contributed by atoms with Crippen molar-refractivity contribution in [1.29, 1.82) is 0 Å². The van der Waals surface area contributed by atoms with Gasteiger partial charge in [0.15, 0.2) is 5.82 Å². The number of pyridine rings is 1. The Bertz CT molecular complexity index is 552. The predicted octanol–water partition coefficient (Wildman–Crippen LogP) is 3.34. The van der Waals surface area contributed by atoms with Crippen LogP contribution in [0, 0.1) is 19.7 Å². The minimum absolute atomic E-state index is 0.332. The van der Waals surface area contributed by atoms with Crippen LogP contribution in [0.15, 0.2) is 16.6 Å². The van der Waals surface area contributed by atoms with E-state index < -0.39 is 0 Å². The van der Waals surface area contributed by atoms with Gasteiger partial charge in [-0.3, -0.25) is 0 Å². The van der Waals surface area contributed by atoms with Gasteiger partial charge in [0.2, 0.25) is 0 Å². The van der Waals surface area contributed by atoms with Gasteiger partial charge >= 0.3 is 0 Å². The summed E-state index contributed by atoms with van der Waals surface area (Å²) >= 11 is 3.24. The van der Waals surface area contributed by atoms with Crippen LogP contribution in [0.4, 0.5) is 10.1 Å². The van der Waals surface area contributed by atoms with Gasteiger partial charge in [0, 0.05) is 21.2 Å². The minimum Gasteiger partial charge on any atom is -0.398 e. The van der Waals surface area contributed by atoms with Crippen LogP contribution in [0.2, 0.25) is 0 Å². The largest absolute Gasteiger partial charge is 0.398 e. The number of nitrogens with zero attached hydrogens (tertiary/aromatic N) is 1. The number of hydrogen-bond donors (Lipinski definition) is 1. The maximum Gasteiger partial charge on any atom is 0.150 e. The molecule has 0 radical (unpaired) electrons. The molecular weight excluding hydrogens is 259 g/mol. The van der Waals surface area contributed by atoms with Crippen LogP contribution >= 0.6 is 15.9 Å². The first kappa shape index (κ1) is 10.4. The topological polar surface area (TPSA) is 38.9 Å². The number of nitrogens with two attached hydrogens (primary N) is 1. The fourth-order valence-corrected chi connectivity index (χ4v) is 1.96. The Labute approximate surface area is 95.4 Å². The molecule has 78 valence electrons. The summed E-state index contributed by atoms with van der Waals surface area (Å²) in [5.41, 5.74) is 8.52. The highest BCUT2D eigenvalue weighted by Crippen LogP contribution is 2.29. The van der Waals surface area contributed by atoms with E-state index in [2.05, 4.69) is 20.9 Å². The maximum absolute atomic E-state index is 13.6. The lowest BCUT2D eigenvalue weighted by Crippen LogP contribution is -1.99. The molecule has 15 heavy (non-hydrogen) atoms. The number of aryl methyl sites for hydroxylation is 1. The summed E-state index contributed by atoms with van der Waals surface area (Å²) in [6, 6.07) is 3.18. The lowest BCUT2D eigenvalue weighted by Gasteiger charge is -2.09. The first-order chi connectivity index (χ1) is 7.00. The zero-order chi connectivity index (χ0) is 11.2. The van der Waals surface area contributed by atoms with E-state index >= 15 is 0 Å². The molecule has 0 unspecified atom stereocenters. The smallest absolute Gasteiger partial charge is 0.150 e. The summed E-state index contributed by atoms with van der Waals surface area (Å²) in [7, 11) is 0. The van der Waals surface area contributed by atoms with E-state index in [1.165, 1.54) is 6.07 Å². The molecule has 0 saturated heterocycles. The highest BCUT2D eigenvalue weighted by atomic mass is 79.9. The SMILES string of the molecule is Cc1nc2c(F)cc(Br)cc2c(N)c1C. The van der Waals surface area contributed by atoms with Crippen molar-refractivity contribution in [2.75, 3.05) is 5.73 Å². The molecule has 1 aromatic heterocycles. The summed E-state index contributed by atoms with van der Waals surface area (Å²) in [6.07, 6.45) is 0. The van der Waals surface area contributed by atoms with Crippen LogP contribution in [-0.2, 0) is 0 Å². The standard InChI is InChI=1S/C11H10BrFN2/c1-5-6(2)15-11-8(10(5)14)3-7(12)4-9(11)13/h3-4H,1-2H3,(H2,14,15). The minimum atomic E-state index is -0.353. The summed E-state index contributed by atoms with van der Waals surface area (Å²) in [5.74, 6) is -0.353. The number of aromatic nitrogens is 1. The van der Waals surface area contributed by atoms with Crippen LogP contribution < -0.4 is 5.73 Å². The maximum atomic E-state index is 13.6. The molecule has 0 atom stereocenters. The number of rotatable bonds is 0. The van der Waals surface area contributed by atoms with Gasteiger partial charge in [-0.05, 0) is 31.5 Å². The summed E-state index contributed by atoms with van der Waals surface area (Å²) in [5, 5.41) is 0.657. The highest BCUT2D eigenvalue weighted by molar-refractivity contribution is 9.10. The second kappa shape index (κ2) is 3.45. The van der Waals surface area contributed by atoms with E-state index in [-0.39, 0.29) is 5.82 Å². The van der Waals surface area contributed by atoms with Gasteiger partial charge in [0.1, 0.15) is 5.52 Å². The van der Waals surface area contributed by atoms with Crippen molar-refractivity contribution in [3.63, 3.8) is 0 Å². The number of benzene rings is 1. The van der Waals surface area contributed by atoms with Crippen molar-refractivity contribution in [2.24, 2.45) is 0 Å². The Kier molecular flexibility index (Phi) is 2.38. The Hall–Kier alpha value is -1.16. The molecule has 0 aliphatic carbocycles.